The number of pyridine rings is 1. The molecule has 0 unspecified atom stereocenters. The van der Waals surface area contributed by atoms with E-state index in [1.165, 1.54) is 11.1 Å². The number of hydrogen-bond donors (Lipinski definition) is 2. The number of nitrogens with zero attached hydrogens (tertiary/aromatic N) is 4. The zero-order chi connectivity index (χ0) is 21.3. The molecule has 2 N–H and O–H groups in total. The second-order valence-electron chi connectivity index (χ2n) is 8.00. The van der Waals surface area contributed by atoms with E-state index in [0.29, 0.717) is 12.4 Å². The zero-order valence-electron chi connectivity index (χ0n) is 17.8. The standard InChI is InChI=1S/C23H26N6S/c1-14-5-6-18-20(9-14)26-21(30)11-17-13-25-23(28-22(17)18)27-19-10-16(7-8-29(3)4)12-24-15(19)2/h5-6,9-10,12-13H,7-8,11H2,1-4H3,(H,26,30)(H,25,27,28). The predicted octanol–water partition coefficient (Wildman–Crippen LogP) is 4.30. The lowest BCUT2D eigenvalue weighted by atomic mass is 10.0. The Morgan fingerprint density at radius 3 is 2.77 bits per heavy atom. The maximum Gasteiger partial charge on any atom is 0.227 e. The molecule has 0 radical (unpaired) electrons. The largest absolute Gasteiger partial charge is 0.349 e. The van der Waals surface area contributed by atoms with Gasteiger partial charge in [-0.05, 0) is 57.6 Å². The molecule has 4 rings (SSSR count). The summed E-state index contributed by atoms with van der Waals surface area (Å²) in [7, 11) is 4.15. The minimum atomic E-state index is 0.558. The first-order valence-corrected chi connectivity index (χ1v) is 10.4. The average Bonchev–Trinajstić information content (AvgIpc) is 2.83. The third kappa shape index (κ3) is 4.47. The van der Waals surface area contributed by atoms with E-state index >= 15 is 0 Å². The third-order valence-electron chi connectivity index (χ3n) is 5.16. The fourth-order valence-electron chi connectivity index (χ4n) is 3.48. The molecular weight excluding hydrogens is 392 g/mol. The Bertz CT molecular complexity index is 1110. The van der Waals surface area contributed by atoms with Gasteiger partial charge in [0.15, 0.2) is 0 Å². The Morgan fingerprint density at radius 2 is 1.97 bits per heavy atom. The summed E-state index contributed by atoms with van der Waals surface area (Å²) >= 11 is 5.51. The number of aromatic nitrogens is 3. The highest BCUT2D eigenvalue weighted by Crippen LogP contribution is 2.34. The van der Waals surface area contributed by atoms with Gasteiger partial charge in [-0.1, -0.05) is 24.4 Å². The van der Waals surface area contributed by atoms with Crippen molar-refractivity contribution in [2.75, 3.05) is 31.3 Å². The van der Waals surface area contributed by atoms with Crippen LogP contribution >= 0.6 is 12.2 Å². The summed E-state index contributed by atoms with van der Waals surface area (Å²) in [5, 5.41) is 6.72. The lowest BCUT2D eigenvalue weighted by Crippen LogP contribution is -2.15. The topological polar surface area (TPSA) is 66.0 Å². The van der Waals surface area contributed by atoms with Gasteiger partial charge >= 0.3 is 0 Å². The second-order valence-corrected chi connectivity index (χ2v) is 8.49. The molecule has 1 aromatic carbocycles. The van der Waals surface area contributed by atoms with E-state index in [-0.39, 0.29) is 0 Å². The Morgan fingerprint density at radius 1 is 1.13 bits per heavy atom. The summed E-state index contributed by atoms with van der Waals surface area (Å²) in [6.45, 7) is 5.04. The summed E-state index contributed by atoms with van der Waals surface area (Å²) in [5.41, 5.74) is 8.17. The average molecular weight is 419 g/mol. The van der Waals surface area contributed by atoms with E-state index in [4.69, 9.17) is 17.2 Å². The van der Waals surface area contributed by atoms with E-state index in [1.54, 1.807) is 0 Å². The highest BCUT2D eigenvalue weighted by Gasteiger charge is 2.19. The predicted molar refractivity (Wildman–Crippen MR) is 127 cm³/mol. The molecule has 0 saturated heterocycles. The van der Waals surface area contributed by atoms with E-state index in [1.807, 2.05) is 19.3 Å². The quantitative estimate of drug-likeness (QED) is 0.599. The molecule has 3 heterocycles. The summed E-state index contributed by atoms with van der Waals surface area (Å²) in [5.74, 6) is 0.558. The van der Waals surface area contributed by atoms with Gasteiger partial charge in [0.2, 0.25) is 5.95 Å². The fourth-order valence-corrected chi connectivity index (χ4v) is 3.74. The van der Waals surface area contributed by atoms with Gasteiger partial charge in [0.1, 0.15) is 0 Å². The van der Waals surface area contributed by atoms with Crippen molar-refractivity contribution < 1.29 is 0 Å². The summed E-state index contributed by atoms with van der Waals surface area (Å²) in [6.07, 6.45) is 5.37. The number of anilines is 3. The van der Waals surface area contributed by atoms with Crippen molar-refractivity contribution in [3.63, 3.8) is 0 Å². The number of rotatable bonds is 5. The third-order valence-corrected chi connectivity index (χ3v) is 5.40. The van der Waals surface area contributed by atoms with Crippen molar-refractivity contribution >= 4 is 34.5 Å². The smallest absolute Gasteiger partial charge is 0.227 e. The number of benzene rings is 1. The molecule has 2 aromatic heterocycles. The van der Waals surface area contributed by atoms with Gasteiger partial charge in [0.05, 0.1) is 22.1 Å². The van der Waals surface area contributed by atoms with Crippen molar-refractivity contribution in [2.45, 2.75) is 26.7 Å². The van der Waals surface area contributed by atoms with Crippen molar-refractivity contribution in [1.29, 1.82) is 0 Å². The Hall–Kier alpha value is -2.90. The molecular formula is C23H26N6S. The summed E-state index contributed by atoms with van der Waals surface area (Å²) in [4.78, 5) is 16.9. The van der Waals surface area contributed by atoms with Crippen LogP contribution in [0.2, 0.25) is 0 Å². The number of hydrogen-bond acceptors (Lipinski definition) is 6. The van der Waals surface area contributed by atoms with Crippen LogP contribution in [0, 0.1) is 13.8 Å². The molecule has 6 nitrogen and oxygen atoms in total. The molecule has 0 atom stereocenters. The molecule has 0 amide bonds. The Balaban J connectivity index is 1.68. The maximum atomic E-state index is 5.51. The Labute approximate surface area is 182 Å². The number of likely N-dealkylation sites (N-methyl/N-ethyl adjacent to an activating group) is 1. The molecule has 1 aliphatic rings. The van der Waals surface area contributed by atoms with Crippen LogP contribution in [-0.4, -0.2) is 45.5 Å². The SMILES string of the molecule is Cc1ccc2c(c1)NC(=S)Cc1cnc(Nc3cc(CCN(C)C)cnc3C)nc1-2. The summed E-state index contributed by atoms with van der Waals surface area (Å²) in [6, 6.07) is 8.43. The van der Waals surface area contributed by atoms with E-state index in [0.717, 1.165) is 51.8 Å². The van der Waals surface area contributed by atoms with Gasteiger partial charge in [-0.2, -0.15) is 0 Å². The monoisotopic (exact) mass is 418 g/mol. The molecule has 0 saturated carbocycles. The zero-order valence-corrected chi connectivity index (χ0v) is 18.6. The maximum absolute atomic E-state index is 5.51. The van der Waals surface area contributed by atoms with Gasteiger partial charge < -0.3 is 15.5 Å². The van der Waals surface area contributed by atoms with Crippen LogP contribution < -0.4 is 10.6 Å². The second kappa shape index (κ2) is 8.45. The molecule has 0 spiro atoms. The van der Waals surface area contributed by atoms with Crippen molar-refractivity contribution in [3.8, 4) is 11.3 Å². The van der Waals surface area contributed by atoms with Gasteiger partial charge in [0.25, 0.3) is 0 Å². The molecule has 30 heavy (non-hydrogen) atoms. The van der Waals surface area contributed by atoms with Crippen LogP contribution in [0.15, 0.2) is 36.7 Å². The van der Waals surface area contributed by atoms with Gasteiger partial charge in [-0.25, -0.2) is 9.97 Å². The molecule has 7 heteroatoms. The minimum Gasteiger partial charge on any atom is -0.349 e. The number of thiocarbonyl (C=S) groups is 1. The van der Waals surface area contributed by atoms with Crippen LogP contribution in [0.4, 0.5) is 17.3 Å². The number of aryl methyl sites for hydroxylation is 2. The molecule has 3 aromatic rings. The van der Waals surface area contributed by atoms with E-state index < -0.39 is 0 Å². The normalized spacial score (nSPS) is 12.8. The van der Waals surface area contributed by atoms with Crippen LogP contribution in [0.5, 0.6) is 0 Å². The highest BCUT2D eigenvalue weighted by atomic mass is 32.1. The van der Waals surface area contributed by atoms with Crippen molar-refractivity contribution in [3.05, 3.63) is 59.0 Å². The molecule has 1 aliphatic heterocycles. The van der Waals surface area contributed by atoms with E-state index in [9.17, 15) is 0 Å². The summed E-state index contributed by atoms with van der Waals surface area (Å²) < 4.78 is 0. The minimum absolute atomic E-state index is 0.558. The van der Waals surface area contributed by atoms with Crippen molar-refractivity contribution in [1.82, 2.24) is 19.9 Å². The number of nitrogens with one attached hydrogen (secondary N) is 2. The number of fused-ring (bicyclic) bond motifs is 3. The van der Waals surface area contributed by atoms with Gasteiger partial charge in [-0.3, -0.25) is 4.98 Å². The van der Waals surface area contributed by atoms with E-state index in [2.05, 4.69) is 70.8 Å². The lowest BCUT2D eigenvalue weighted by Gasteiger charge is -2.14. The highest BCUT2D eigenvalue weighted by molar-refractivity contribution is 7.80. The first-order valence-electron chi connectivity index (χ1n) is 10.0. The molecule has 0 bridgehead atoms. The first-order chi connectivity index (χ1) is 14.4. The van der Waals surface area contributed by atoms with Crippen LogP contribution in [0.25, 0.3) is 11.3 Å². The fraction of sp³-hybridized carbons (Fsp3) is 0.304. The van der Waals surface area contributed by atoms with Crippen LogP contribution in [0.1, 0.15) is 22.4 Å². The van der Waals surface area contributed by atoms with Gasteiger partial charge in [-0.15, -0.1) is 0 Å². The van der Waals surface area contributed by atoms with Crippen LogP contribution in [-0.2, 0) is 12.8 Å². The first kappa shape index (κ1) is 20.4. The molecule has 0 aliphatic carbocycles. The van der Waals surface area contributed by atoms with Crippen molar-refractivity contribution in [2.24, 2.45) is 0 Å². The Kier molecular flexibility index (Phi) is 5.74. The molecule has 0 fully saturated rings. The molecule has 154 valence electrons. The lowest BCUT2D eigenvalue weighted by molar-refractivity contribution is 0.413. The van der Waals surface area contributed by atoms with Gasteiger partial charge in [0, 0.05) is 42.2 Å². The van der Waals surface area contributed by atoms with Crippen LogP contribution in [0.3, 0.4) is 0 Å².